The molecule has 7 heteroatoms. The predicted molar refractivity (Wildman–Crippen MR) is 77.9 cm³/mol. The molecule has 0 radical (unpaired) electrons. The molecular formula is C13H21N5O2. The minimum absolute atomic E-state index is 0.0154. The molecule has 0 aromatic carbocycles. The number of anilines is 1. The molecule has 0 aliphatic rings. The fourth-order valence-corrected chi connectivity index (χ4v) is 1.77. The van der Waals surface area contributed by atoms with E-state index in [1.54, 1.807) is 0 Å². The van der Waals surface area contributed by atoms with Crippen LogP contribution >= 0.6 is 0 Å². The third-order valence-corrected chi connectivity index (χ3v) is 2.85. The lowest BCUT2D eigenvalue weighted by atomic mass is 10.1. The molecule has 0 aliphatic carbocycles. The first-order valence-electron chi connectivity index (χ1n) is 6.38. The van der Waals surface area contributed by atoms with Crippen LogP contribution in [0.3, 0.4) is 0 Å². The highest BCUT2D eigenvalue weighted by Crippen LogP contribution is 2.06. The molecule has 0 unspecified atom stereocenters. The van der Waals surface area contributed by atoms with Gasteiger partial charge in [-0.15, -0.1) is 0 Å². The van der Waals surface area contributed by atoms with Crippen LogP contribution in [0.15, 0.2) is 9.59 Å². The lowest BCUT2D eigenvalue weighted by molar-refractivity contribution is 0.435. The number of nitriles is 1. The Morgan fingerprint density at radius 3 is 2.25 bits per heavy atom. The van der Waals surface area contributed by atoms with Gasteiger partial charge in [-0.3, -0.25) is 13.9 Å². The molecular weight excluding hydrogens is 258 g/mol. The second-order valence-electron chi connectivity index (χ2n) is 5.64. The van der Waals surface area contributed by atoms with E-state index in [0.717, 1.165) is 4.57 Å². The fourth-order valence-electron chi connectivity index (χ4n) is 1.77. The molecule has 110 valence electrons. The molecule has 0 bridgehead atoms. The van der Waals surface area contributed by atoms with Gasteiger partial charge >= 0.3 is 5.69 Å². The third-order valence-electron chi connectivity index (χ3n) is 2.85. The standard InChI is InChI=1S/C13H21N5O2/c1-13(2,3)16-7-6-15-10-9(8-14)11(19)18(5)12(20)17(10)4/h15-16H,6-7H2,1-5H3. The minimum Gasteiger partial charge on any atom is -0.369 e. The largest absolute Gasteiger partial charge is 0.369 e. The highest BCUT2D eigenvalue weighted by molar-refractivity contribution is 5.51. The maximum absolute atomic E-state index is 11.9. The van der Waals surface area contributed by atoms with Crippen molar-refractivity contribution < 1.29 is 0 Å². The van der Waals surface area contributed by atoms with E-state index in [0.29, 0.717) is 13.1 Å². The predicted octanol–water partition coefficient (Wildman–Crippen LogP) is -0.244. The molecule has 0 spiro atoms. The van der Waals surface area contributed by atoms with Crippen molar-refractivity contribution in [2.45, 2.75) is 26.3 Å². The van der Waals surface area contributed by atoms with E-state index in [1.165, 1.54) is 18.7 Å². The summed E-state index contributed by atoms with van der Waals surface area (Å²) in [5, 5.41) is 15.3. The van der Waals surface area contributed by atoms with Gasteiger partial charge < -0.3 is 10.6 Å². The summed E-state index contributed by atoms with van der Waals surface area (Å²) in [4.78, 5) is 23.7. The summed E-state index contributed by atoms with van der Waals surface area (Å²) in [6.45, 7) is 7.29. The Kier molecular flexibility index (Phi) is 4.73. The topological polar surface area (TPSA) is 91.8 Å². The van der Waals surface area contributed by atoms with Gasteiger partial charge in [0.15, 0.2) is 5.56 Å². The van der Waals surface area contributed by atoms with Crippen LogP contribution < -0.4 is 21.9 Å². The molecule has 20 heavy (non-hydrogen) atoms. The first-order valence-corrected chi connectivity index (χ1v) is 6.38. The highest BCUT2D eigenvalue weighted by atomic mass is 16.2. The van der Waals surface area contributed by atoms with Crippen molar-refractivity contribution in [3.63, 3.8) is 0 Å². The Morgan fingerprint density at radius 1 is 1.15 bits per heavy atom. The van der Waals surface area contributed by atoms with Crippen molar-refractivity contribution in [1.29, 1.82) is 5.26 Å². The van der Waals surface area contributed by atoms with Gasteiger partial charge in [0.1, 0.15) is 11.9 Å². The van der Waals surface area contributed by atoms with Crippen molar-refractivity contribution in [3.05, 3.63) is 26.4 Å². The number of hydrogen-bond acceptors (Lipinski definition) is 5. The molecule has 7 nitrogen and oxygen atoms in total. The molecule has 1 aromatic rings. The summed E-state index contributed by atoms with van der Waals surface area (Å²) >= 11 is 0. The summed E-state index contributed by atoms with van der Waals surface area (Å²) in [5.41, 5.74) is -1.11. The minimum atomic E-state index is -0.582. The van der Waals surface area contributed by atoms with E-state index < -0.39 is 11.2 Å². The monoisotopic (exact) mass is 279 g/mol. The van der Waals surface area contributed by atoms with Crippen molar-refractivity contribution >= 4 is 5.82 Å². The van der Waals surface area contributed by atoms with Crippen molar-refractivity contribution in [1.82, 2.24) is 14.5 Å². The molecule has 0 aliphatic heterocycles. The van der Waals surface area contributed by atoms with E-state index in [4.69, 9.17) is 5.26 Å². The van der Waals surface area contributed by atoms with Crippen LogP contribution in [0, 0.1) is 11.3 Å². The first kappa shape index (κ1) is 16.0. The van der Waals surface area contributed by atoms with Crippen molar-refractivity contribution in [3.8, 4) is 6.07 Å². The molecule has 1 rings (SSSR count). The van der Waals surface area contributed by atoms with Gasteiger partial charge in [-0.2, -0.15) is 5.26 Å². The Bertz CT molecular complexity index is 643. The number of nitrogens with one attached hydrogen (secondary N) is 2. The van der Waals surface area contributed by atoms with Crippen LogP contribution in [0.2, 0.25) is 0 Å². The Morgan fingerprint density at radius 2 is 1.75 bits per heavy atom. The Balaban J connectivity index is 3.00. The highest BCUT2D eigenvalue weighted by Gasteiger charge is 2.15. The molecule has 1 aromatic heterocycles. The Labute approximate surface area is 117 Å². The maximum Gasteiger partial charge on any atom is 0.332 e. The van der Waals surface area contributed by atoms with Crippen LogP contribution in [-0.4, -0.2) is 27.8 Å². The molecule has 0 atom stereocenters. The van der Waals surface area contributed by atoms with E-state index in [-0.39, 0.29) is 16.9 Å². The number of rotatable bonds is 4. The van der Waals surface area contributed by atoms with E-state index >= 15 is 0 Å². The quantitative estimate of drug-likeness (QED) is 0.742. The molecule has 0 fully saturated rings. The second kappa shape index (κ2) is 5.92. The number of aromatic nitrogens is 2. The van der Waals surface area contributed by atoms with Gasteiger partial charge in [-0.05, 0) is 20.8 Å². The van der Waals surface area contributed by atoms with Gasteiger partial charge in [0.25, 0.3) is 5.56 Å². The molecule has 0 saturated carbocycles. The smallest absolute Gasteiger partial charge is 0.332 e. The molecule has 2 N–H and O–H groups in total. The first-order chi connectivity index (χ1) is 9.19. The summed E-state index contributed by atoms with van der Waals surface area (Å²) in [7, 11) is 2.89. The second-order valence-corrected chi connectivity index (χ2v) is 5.64. The summed E-state index contributed by atoms with van der Waals surface area (Å²) in [6, 6.07) is 1.85. The average molecular weight is 279 g/mol. The average Bonchev–Trinajstić information content (AvgIpc) is 2.36. The van der Waals surface area contributed by atoms with Crippen LogP contribution in [0.1, 0.15) is 26.3 Å². The van der Waals surface area contributed by atoms with E-state index in [1.807, 2.05) is 26.8 Å². The summed E-state index contributed by atoms with van der Waals surface area (Å²) < 4.78 is 2.20. The lowest BCUT2D eigenvalue weighted by Gasteiger charge is -2.21. The zero-order chi connectivity index (χ0) is 15.5. The zero-order valence-electron chi connectivity index (χ0n) is 12.6. The van der Waals surface area contributed by atoms with Gasteiger partial charge in [0.2, 0.25) is 0 Å². The SMILES string of the molecule is Cn1c(NCCNC(C)(C)C)c(C#N)c(=O)n(C)c1=O. The molecule has 1 heterocycles. The maximum atomic E-state index is 11.9. The van der Waals surface area contributed by atoms with Crippen LogP contribution in [0.5, 0.6) is 0 Å². The third kappa shape index (κ3) is 3.48. The normalized spacial score (nSPS) is 11.2. The fraction of sp³-hybridized carbons (Fsp3) is 0.615. The van der Waals surface area contributed by atoms with E-state index in [9.17, 15) is 9.59 Å². The summed E-state index contributed by atoms with van der Waals surface area (Å²) in [6.07, 6.45) is 0. The van der Waals surface area contributed by atoms with Gasteiger partial charge in [-0.25, -0.2) is 4.79 Å². The van der Waals surface area contributed by atoms with Gasteiger partial charge in [0, 0.05) is 32.7 Å². The van der Waals surface area contributed by atoms with Crippen LogP contribution in [0.25, 0.3) is 0 Å². The zero-order valence-corrected chi connectivity index (χ0v) is 12.6. The molecule has 0 saturated heterocycles. The van der Waals surface area contributed by atoms with Gasteiger partial charge in [-0.1, -0.05) is 0 Å². The van der Waals surface area contributed by atoms with E-state index in [2.05, 4.69) is 10.6 Å². The van der Waals surface area contributed by atoms with Gasteiger partial charge in [0.05, 0.1) is 0 Å². The van der Waals surface area contributed by atoms with Crippen molar-refractivity contribution in [2.75, 3.05) is 18.4 Å². The summed E-state index contributed by atoms with van der Waals surface area (Å²) in [5.74, 6) is 0.260. The Hall–Kier alpha value is -2.07. The van der Waals surface area contributed by atoms with Crippen LogP contribution in [0.4, 0.5) is 5.82 Å². The number of hydrogen-bond donors (Lipinski definition) is 2. The molecule has 0 amide bonds. The number of nitrogens with zero attached hydrogens (tertiary/aromatic N) is 3. The van der Waals surface area contributed by atoms with Crippen LogP contribution in [-0.2, 0) is 14.1 Å². The van der Waals surface area contributed by atoms with Crippen molar-refractivity contribution in [2.24, 2.45) is 14.1 Å². The lowest BCUT2D eigenvalue weighted by Crippen LogP contribution is -2.41.